The number of carbonyl (C=O) groups is 2. The van der Waals surface area contributed by atoms with Gasteiger partial charge in [-0.3, -0.25) is 14.2 Å². The van der Waals surface area contributed by atoms with Crippen LogP contribution in [0.1, 0.15) is 26.2 Å². The number of nitrogens with one attached hydrogen (secondary N) is 1. The van der Waals surface area contributed by atoms with Crippen LogP contribution in [0.25, 0.3) is 0 Å². The molecule has 2 aromatic rings. The second kappa shape index (κ2) is 9.82. The maximum Gasteiger partial charge on any atom is 0.319 e. The van der Waals surface area contributed by atoms with Crippen LogP contribution in [0, 0.1) is 5.92 Å². The van der Waals surface area contributed by atoms with Crippen LogP contribution >= 0.6 is 0 Å². The topological polar surface area (TPSA) is 76.5 Å². The largest absolute Gasteiger partial charge is 0.484 e. The van der Waals surface area contributed by atoms with Crippen LogP contribution in [0.15, 0.2) is 42.7 Å². The Hall–Kier alpha value is -2.97. The van der Waals surface area contributed by atoms with E-state index in [0.717, 1.165) is 6.20 Å². The molecule has 0 aliphatic rings. The molecule has 0 spiro atoms. The van der Waals surface area contributed by atoms with E-state index in [9.17, 15) is 18.4 Å². The minimum absolute atomic E-state index is 0.0621. The number of ether oxygens (including phenoxy) is 1. The standard InChI is InChI=1S/C19H24F2N4O3/c1-13(2)17(23-16(26)12-28-14-7-5-4-6-8-14)18(27)24(3)11-15-22-9-10-25(15)19(20)21/h4-10,13,17,19H,11-12H2,1-3H3,(H,23,26). The van der Waals surface area contributed by atoms with Gasteiger partial charge < -0.3 is 15.0 Å². The van der Waals surface area contributed by atoms with Crippen molar-refractivity contribution in [2.75, 3.05) is 13.7 Å². The number of benzene rings is 1. The molecule has 7 nitrogen and oxygen atoms in total. The van der Waals surface area contributed by atoms with Crippen LogP contribution in [0.4, 0.5) is 8.78 Å². The predicted molar refractivity (Wildman–Crippen MR) is 98.7 cm³/mol. The molecule has 0 saturated carbocycles. The van der Waals surface area contributed by atoms with Gasteiger partial charge in [0.25, 0.3) is 5.91 Å². The second-order valence-corrected chi connectivity index (χ2v) is 6.61. The number of carbonyl (C=O) groups excluding carboxylic acids is 2. The van der Waals surface area contributed by atoms with Crippen LogP contribution in [0.2, 0.25) is 0 Å². The van der Waals surface area contributed by atoms with Gasteiger partial charge in [0.2, 0.25) is 5.91 Å². The summed E-state index contributed by atoms with van der Waals surface area (Å²) in [5.41, 5.74) is 0. The van der Waals surface area contributed by atoms with Crippen LogP contribution in [-0.2, 0) is 16.1 Å². The zero-order valence-corrected chi connectivity index (χ0v) is 16.0. The smallest absolute Gasteiger partial charge is 0.319 e. The number of likely N-dealkylation sites (N-methyl/N-ethyl adjacent to an activating group) is 1. The lowest BCUT2D eigenvalue weighted by Gasteiger charge is -2.27. The van der Waals surface area contributed by atoms with Crippen molar-refractivity contribution in [3.63, 3.8) is 0 Å². The van der Waals surface area contributed by atoms with Crippen LogP contribution in [0.3, 0.4) is 0 Å². The number of alkyl halides is 2. The number of imidazole rings is 1. The van der Waals surface area contributed by atoms with Gasteiger partial charge in [-0.25, -0.2) is 4.98 Å². The highest BCUT2D eigenvalue weighted by atomic mass is 19.3. The van der Waals surface area contributed by atoms with E-state index in [-0.39, 0.29) is 24.9 Å². The molecule has 1 unspecified atom stereocenters. The molecule has 28 heavy (non-hydrogen) atoms. The molecule has 2 amide bonds. The predicted octanol–water partition coefficient (Wildman–Crippen LogP) is 2.46. The molecule has 0 radical (unpaired) electrons. The van der Waals surface area contributed by atoms with Gasteiger partial charge in [-0.05, 0) is 18.1 Å². The number of amides is 2. The molecule has 1 heterocycles. The van der Waals surface area contributed by atoms with Crippen molar-refractivity contribution in [2.24, 2.45) is 5.92 Å². The monoisotopic (exact) mass is 394 g/mol. The van der Waals surface area contributed by atoms with Crippen molar-refractivity contribution in [3.05, 3.63) is 48.5 Å². The first-order valence-corrected chi connectivity index (χ1v) is 8.81. The van der Waals surface area contributed by atoms with Gasteiger partial charge in [0.1, 0.15) is 17.6 Å². The van der Waals surface area contributed by atoms with Crippen molar-refractivity contribution < 1.29 is 23.1 Å². The first kappa shape index (κ1) is 21.3. The average molecular weight is 394 g/mol. The van der Waals surface area contributed by atoms with Crippen LogP contribution in [0.5, 0.6) is 5.75 Å². The van der Waals surface area contributed by atoms with Gasteiger partial charge in [0.05, 0.1) is 6.54 Å². The zero-order chi connectivity index (χ0) is 20.7. The summed E-state index contributed by atoms with van der Waals surface area (Å²) in [6.07, 6.45) is 2.41. The zero-order valence-electron chi connectivity index (χ0n) is 16.0. The third-order valence-electron chi connectivity index (χ3n) is 4.08. The molecule has 0 saturated heterocycles. The molecule has 2 rings (SSSR count). The van der Waals surface area contributed by atoms with Crippen LogP contribution in [-0.4, -0.2) is 46.0 Å². The number of hydrogen-bond acceptors (Lipinski definition) is 4. The van der Waals surface area contributed by atoms with E-state index in [1.807, 2.05) is 6.07 Å². The Morgan fingerprint density at radius 3 is 2.54 bits per heavy atom. The highest BCUT2D eigenvalue weighted by molar-refractivity contribution is 5.88. The number of rotatable bonds is 9. The number of halogens is 2. The lowest BCUT2D eigenvalue weighted by Crippen LogP contribution is -2.51. The molecule has 1 aromatic carbocycles. The summed E-state index contributed by atoms with van der Waals surface area (Å²) < 4.78 is 32.0. The second-order valence-electron chi connectivity index (χ2n) is 6.61. The quantitative estimate of drug-likeness (QED) is 0.709. The molecule has 0 aliphatic carbocycles. The fourth-order valence-electron chi connectivity index (χ4n) is 2.57. The number of para-hydroxylation sites is 1. The van der Waals surface area contributed by atoms with E-state index in [0.29, 0.717) is 10.3 Å². The molecule has 9 heteroatoms. The van der Waals surface area contributed by atoms with Gasteiger partial charge in [-0.1, -0.05) is 32.0 Å². The van der Waals surface area contributed by atoms with E-state index in [1.54, 1.807) is 38.1 Å². The van der Waals surface area contributed by atoms with E-state index < -0.39 is 24.4 Å². The molecular formula is C19H24F2N4O3. The first-order chi connectivity index (χ1) is 13.3. The van der Waals surface area contributed by atoms with Crippen molar-refractivity contribution in [3.8, 4) is 5.75 Å². The third kappa shape index (κ3) is 5.77. The van der Waals surface area contributed by atoms with Crippen molar-refractivity contribution in [1.82, 2.24) is 19.8 Å². The summed E-state index contributed by atoms with van der Waals surface area (Å²) in [5.74, 6) is -0.441. The average Bonchev–Trinajstić information content (AvgIpc) is 3.13. The number of nitrogens with zero attached hydrogens (tertiary/aromatic N) is 3. The maximum atomic E-state index is 12.9. The number of hydrogen-bond donors (Lipinski definition) is 1. The minimum atomic E-state index is -2.74. The molecular weight excluding hydrogens is 370 g/mol. The first-order valence-electron chi connectivity index (χ1n) is 8.81. The van der Waals surface area contributed by atoms with E-state index in [2.05, 4.69) is 10.3 Å². The molecule has 1 N–H and O–H groups in total. The Kier molecular flexibility index (Phi) is 7.48. The lowest BCUT2D eigenvalue weighted by molar-refractivity contribution is -0.137. The van der Waals surface area contributed by atoms with Gasteiger partial charge in [0, 0.05) is 19.4 Å². The van der Waals surface area contributed by atoms with E-state index >= 15 is 0 Å². The molecule has 0 bridgehead atoms. The minimum Gasteiger partial charge on any atom is -0.484 e. The Balaban J connectivity index is 1.96. The van der Waals surface area contributed by atoms with Crippen molar-refractivity contribution in [2.45, 2.75) is 33.0 Å². The van der Waals surface area contributed by atoms with E-state index in [1.165, 1.54) is 18.1 Å². The fraction of sp³-hybridized carbons (Fsp3) is 0.421. The van der Waals surface area contributed by atoms with E-state index in [4.69, 9.17) is 4.74 Å². The summed E-state index contributed by atoms with van der Waals surface area (Å²) in [5, 5.41) is 2.65. The SMILES string of the molecule is CC(C)C(NC(=O)COc1ccccc1)C(=O)N(C)Cc1nccn1C(F)F. The Morgan fingerprint density at radius 2 is 1.93 bits per heavy atom. The van der Waals surface area contributed by atoms with Crippen molar-refractivity contribution >= 4 is 11.8 Å². The van der Waals surface area contributed by atoms with Gasteiger partial charge in [0.15, 0.2) is 6.61 Å². The highest BCUT2D eigenvalue weighted by Crippen LogP contribution is 2.15. The molecule has 0 aliphatic heterocycles. The number of aromatic nitrogens is 2. The Morgan fingerprint density at radius 1 is 1.25 bits per heavy atom. The summed E-state index contributed by atoms with van der Waals surface area (Å²) in [4.78, 5) is 30.1. The summed E-state index contributed by atoms with van der Waals surface area (Å²) >= 11 is 0. The van der Waals surface area contributed by atoms with Crippen LogP contribution < -0.4 is 10.1 Å². The van der Waals surface area contributed by atoms with Gasteiger partial charge in [-0.2, -0.15) is 8.78 Å². The molecule has 0 fully saturated rings. The van der Waals surface area contributed by atoms with Crippen molar-refractivity contribution in [1.29, 1.82) is 0 Å². The third-order valence-corrected chi connectivity index (χ3v) is 4.08. The molecule has 1 aromatic heterocycles. The van der Waals surface area contributed by atoms with Gasteiger partial charge >= 0.3 is 6.55 Å². The maximum absolute atomic E-state index is 12.9. The molecule has 152 valence electrons. The molecule has 1 atom stereocenters. The van der Waals surface area contributed by atoms with Gasteiger partial charge in [-0.15, -0.1) is 0 Å². The summed E-state index contributed by atoms with van der Waals surface area (Å²) in [6.45, 7) is 0.496. The summed E-state index contributed by atoms with van der Waals surface area (Å²) in [7, 11) is 1.48. The Bertz CT molecular complexity index is 780. The Labute approximate surface area is 162 Å². The normalized spacial score (nSPS) is 12.1. The summed E-state index contributed by atoms with van der Waals surface area (Å²) in [6, 6.07) is 8.02. The fourth-order valence-corrected chi connectivity index (χ4v) is 2.57. The lowest BCUT2D eigenvalue weighted by atomic mass is 10.0. The highest BCUT2D eigenvalue weighted by Gasteiger charge is 2.28.